The lowest BCUT2D eigenvalue weighted by Crippen LogP contribution is -2.38. The van der Waals surface area contributed by atoms with Gasteiger partial charge in [-0.3, -0.25) is 4.79 Å². The normalized spacial score (nSPS) is 18.7. The van der Waals surface area contributed by atoms with Crippen molar-refractivity contribution in [3.63, 3.8) is 0 Å². The van der Waals surface area contributed by atoms with Crippen molar-refractivity contribution < 1.29 is 13.9 Å². The van der Waals surface area contributed by atoms with Gasteiger partial charge in [0.05, 0.1) is 37.2 Å². The summed E-state index contributed by atoms with van der Waals surface area (Å²) in [7, 11) is 0. The Morgan fingerprint density at radius 1 is 1.31 bits per heavy atom. The first-order valence-electron chi connectivity index (χ1n) is 12.0. The fourth-order valence-electron chi connectivity index (χ4n) is 4.84. The number of nitrogens with zero attached hydrogens (tertiary/aromatic N) is 3. The van der Waals surface area contributed by atoms with Crippen LogP contribution in [-0.4, -0.2) is 44.8 Å². The Labute approximate surface area is 208 Å². The molecule has 2 aliphatic rings. The summed E-state index contributed by atoms with van der Waals surface area (Å²) in [6, 6.07) is 12.9. The van der Waals surface area contributed by atoms with Crippen molar-refractivity contribution in [2.75, 3.05) is 13.2 Å². The number of nitrogens with one attached hydrogen (secondary N) is 2. The minimum Gasteiger partial charge on any atom is -0.378 e. The Morgan fingerprint density at radius 3 is 2.92 bits per heavy atom. The van der Waals surface area contributed by atoms with Crippen LogP contribution in [0, 0.1) is 24.2 Å². The van der Waals surface area contributed by atoms with Crippen molar-refractivity contribution in [3.05, 3.63) is 82.8 Å². The Morgan fingerprint density at radius 2 is 2.14 bits per heavy atom. The largest absolute Gasteiger partial charge is 0.378 e. The molecule has 1 unspecified atom stereocenters. The number of alkyl halides is 1. The first-order chi connectivity index (χ1) is 17.4. The number of carbonyl (C=O) groups is 1. The highest BCUT2D eigenvalue weighted by Gasteiger charge is 2.32. The number of aromatic nitrogens is 4. The van der Waals surface area contributed by atoms with Crippen LogP contribution in [0.15, 0.2) is 48.8 Å². The number of imidazole rings is 1. The maximum atomic E-state index is 14.2. The number of para-hydroxylation sites is 1. The molecule has 3 aromatic heterocycles. The minimum atomic E-state index is -0.955. The van der Waals surface area contributed by atoms with Gasteiger partial charge in [-0.25, -0.2) is 14.4 Å². The number of hydrogen-bond acceptors (Lipinski definition) is 4. The number of fused-ring (bicyclic) bond motifs is 2. The van der Waals surface area contributed by atoms with Gasteiger partial charge in [-0.1, -0.05) is 30.0 Å². The average molecular weight is 484 g/mol. The molecule has 2 atom stereocenters. The van der Waals surface area contributed by atoms with Crippen LogP contribution < -0.4 is 5.32 Å². The van der Waals surface area contributed by atoms with E-state index in [2.05, 4.69) is 39.0 Å². The fraction of sp³-hybridized carbons (Fsp3) is 0.321. The minimum absolute atomic E-state index is 0.157. The third-order valence-electron chi connectivity index (χ3n) is 6.73. The van der Waals surface area contributed by atoms with Crippen LogP contribution in [-0.2, 0) is 17.7 Å². The van der Waals surface area contributed by atoms with Gasteiger partial charge in [0.2, 0.25) is 0 Å². The molecule has 2 N–H and O–H groups in total. The van der Waals surface area contributed by atoms with Crippen molar-refractivity contribution in [2.24, 2.45) is 5.41 Å². The smallest absolute Gasteiger partial charge is 0.270 e. The maximum Gasteiger partial charge on any atom is 0.270 e. The maximum absolute atomic E-state index is 14.2. The van der Waals surface area contributed by atoms with Crippen molar-refractivity contribution in [1.29, 1.82) is 0 Å². The molecule has 7 nitrogen and oxygen atoms in total. The molecule has 4 aromatic rings. The monoisotopic (exact) mass is 483 g/mol. The molecule has 1 fully saturated rings. The molecular formula is C28H26FN5O2. The predicted molar refractivity (Wildman–Crippen MR) is 133 cm³/mol. The number of ether oxygens (including phenoxy) is 1. The Kier molecular flexibility index (Phi) is 5.38. The van der Waals surface area contributed by atoms with E-state index in [0.29, 0.717) is 24.6 Å². The summed E-state index contributed by atoms with van der Waals surface area (Å²) in [6.45, 7) is 5.40. The molecule has 36 heavy (non-hydrogen) atoms. The second-order valence-corrected chi connectivity index (χ2v) is 9.93. The summed E-state index contributed by atoms with van der Waals surface area (Å²) >= 11 is 0. The van der Waals surface area contributed by atoms with Crippen LogP contribution in [0.2, 0.25) is 0 Å². The number of aromatic amines is 1. The summed E-state index contributed by atoms with van der Waals surface area (Å²) in [5.41, 5.74) is 4.71. The zero-order valence-corrected chi connectivity index (χ0v) is 20.1. The molecule has 0 bridgehead atoms. The molecule has 1 amide bonds. The van der Waals surface area contributed by atoms with E-state index >= 15 is 0 Å². The van der Waals surface area contributed by atoms with Crippen molar-refractivity contribution in [2.45, 2.75) is 39.0 Å². The lowest BCUT2D eigenvalue weighted by molar-refractivity contribution is -0.0648. The molecule has 6 rings (SSSR count). The Hall–Kier alpha value is -3.96. The van der Waals surface area contributed by atoms with E-state index in [1.165, 1.54) is 0 Å². The van der Waals surface area contributed by atoms with Gasteiger partial charge in [-0.15, -0.1) is 0 Å². The molecule has 0 saturated carbocycles. The van der Waals surface area contributed by atoms with Gasteiger partial charge in [0.15, 0.2) is 0 Å². The highest BCUT2D eigenvalue weighted by molar-refractivity contribution is 5.93. The van der Waals surface area contributed by atoms with Crippen molar-refractivity contribution in [3.8, 4) is 11.8 Å². The van der Waals surface area contributed by atoms with E-state index in [4.69, 9.17) is 4.74 Å². The third kappa shape index (κ3) is 4.16. The number of H-pyrrole nitrogens is 1. The molecule has 1 aromatic carbocycles. The Balaban J connectivity index is 1.35. The number of halogens is 1. The van der Waals surface area contributed by atoms with E-state index in [9.17, 15) is 9.18 Å². The highest BCUT2D eigenvalue weighted by Crippen LogP contribution is 2.31. The molecule has 8 heteroatoms. The molecule has 182 valence electrons. The second-order valence-electron chi connectivity index (χ2n) is 9.93. The van der Waals surface area contributed by atoms with Gasteiger partial charge in [-0.05, 0) is 43.5 Å². The number of hydrogen-bond donors (Lipinski definition) is 2. The second kappa shape index (κ2) is 8.61. The fourth-order valence-corrected chi connectivity index (χ4v) is 4.84. The predicted octanol–water partition coefficient (Wildman–Crippen LogP) is 3.87. The van der Waals surface area contributed by atoms with Gasteiger partial charge in [0.1, 0.15) is 17.9 Å². The van der Waals surface area contributed by atoms with E-state index in [0.717, 1.165) is 27.9 Å². The topological polar surface area (TPSA) is 84.8 Å². The summed E-state index contributed by atoms with van der Waals surface area (Å²) < 4.78 is 21.3. The van der Waals surface area contributed by atoms with Crippen LogP contribution in [0.5, 0.6) is 0 Å². The number of benzene rings is 1. The van der Waals surface area contributed by atoms with Gasteiger partial charge < -0.3 is 19.6 Å². The number of pyridine rings is 1. The van der Waals surface area contributed by atoms with Crippen LogP contribution >= 0.6 is 0 Å². The molecule has 2 aliphatic heterocycles. The molecule has 1 saturated heterocycles. The van der Waals surface area contributed by atoms with Gasteiger partial charge in [0, 0.05) is 34.6 Å². The number of rotatable bonds is 4. The van der Waals surface area contributed by atoms with E-state index in [1.54, 1.807) is 12.4 Å². The van der Waals surface area contributed by atoms with Gasteiger partial charge in [-0.2, -0.15) is 0 Å². The van der Waals surface area contributed by atoms with Crippen LogP contribution in [0.1, 0.15) is 51.8 Å². The van der Waals surface area contributed by atoms with E-state index < -0.39 is 12.2 Å². The van der Waals surface area contributed by atoms with Crippen LogP contribution in [0.25, 0.3) is 10.9 Å². The highest BCUT2D eigenvalue weighted by atomic mass is 19.1. The summed E-state index contributed by atoms with van der Waals surface area (Å²) in [5, 5.41) is 4.13. The first kappa shape index (κ1) is 22.5. The zero-order valence-electron chi connectivity index (χ0n) is 20.1. The van der Waals surface area contributed by atoms with Gasteiger partial charge >= 0.3 is 0 Å². The summed E-state index contributed by atoms with van der Waals surface area (Å²) in [6.07, 6.45) is 0.964. The quantitative estimate of drug-likeness (QED) is 0.432. The lowest BCUT2D eigenvalue weighted by atomic mass is 9.89. The van der Waals surface area contributed by atoms with Crippen molar-refractivity contribution in [1.82, 2.24) is 24.8 Å². The SMILES string of the molecule is Cc1cc(C#CC2(C)COC2)cc(C(=O)NC(c2cc3ccccc3[nH]2)c2ncn3c2C[C@@H](F)C3)n1. The first-order valence-corrected chi connectivity index (χ1v) is 12.0. The lowest BCUT2D eigenvalue weighted by Gasteiger charge is -2.32. The van der Waals surface area contributed by atoms with E-state index in [-0.39, 0.29) is 30.0 Å². The van der Waals surface area contributed by atoms with Gasteiger partial charge in [0.25, 0.3) is 5.91 Å². The summed E-state index contributed by atoms with van der Waals surface area (Å²) in [4.78, 5) is 26.0. The number of aryl methyl sites for hydroxylation is 1. The van der Waals surface area contributed by atoms with E-state index in [1.807, 2.05) is 47.9 Å². The van der Waals surface area contributed by atoms with Crippen molar-refractivity contribution >= 4 is 16.8 Å². The molecule has 0 aliphatic carbocycles. The number of carbonyl (C=O) groups excluding carboxylic acids is 1. The Bertz CT molecular complexity index is 1510. The standard InChI is InChI=1S/C28H26FN5O2/c1-17-9-18(7-8-28(2)14-36-15-28)10-23(31-17)27(35)33-25(22-11-19-5-3-4-6-21(19)32-22)26-24-12-20(29)13-34(24)16-30-26/h3-6,9-11,16,20,25,32H,12-15H2,1-2H3,(H,33,35)/t20-,25?/m1/s1. The summed E-state index contributed by atoms with van der Waals surface area (Å²) in [5.74, 6) is 6.09. The molecule has 5 heterocycles. The molecular weight excluding hydrogens is 457 g/mol. The third-order valence-corrected chi connectivity index (χ3v) is 6.73. The molecule has 0 spiro atoms. The van der Waals surface area contributed by atoms with Crippen LogP contribution in [0.4, 0.5) is 4.39 Å². The average Bonchev–Trinajstić information content (AvgIpc) is 3.53. The number of amides is 1. The van der Waals surface area contributed by atoms with Crippen LogP contribution in [0.3, 0.4) is 0 Å². The molecule has 0 radical (unpaired) electrons. The zero-order chi connectivity index (χ0) is 24.9.